The Morgan fingerprint density at radius 2 is 0.750 bits per heavy atom. The zero-order chi connectivity index (χ0) is 22.8. The van der Waals surface area contributed by atoms with Crippen LogP contribution in [0.4, 0.5) is 0 Å². The SMILES string of the molecule is Cc1cccc(/C=C/c2cccc(O)c2)c1.Oc1cccc(/C=C\c2cccc(O)c2)c1. The summed E-state index contributed by atoms with van der Waals surface area (Å²) in [5, 5.41) is 27.9. The number of phenolic OH excluding ortho intramolecular Hbond substituents is 3. The van der Waals surface area contributed by atoms with E-state index in [2.05, 4.69) is 25.1 Å². The van der Waals surface area contributed by atoms with Crippen molar-refractivity contribution in [3.05, 3.63) is 125 Å². The van der Waals surface area contributed by atoms with Gasteiger partial charge in [-0.05, 0) is 65.6 Å². The Balaban J connectivity index is 0.000000181. The second-order valence-electron chi connectivity index (χ2n) is 7.37. The molecule has 4 aromatic carbocycles. The Kier molecular flexibility index (Phi) is 7.88. The first-order chi connectivity index (χ1) is 15.5. The van der Waals surface area contributed by atoms with Gasteiger partial charge in [0.05, 0.1) is 0 Å². The van der Waals surface area contributed by atoms with Crippen molar-refractivity contribution in [1.82, 2.24) is 0 Å². The lowest BCUT2D eigenvalue weighted by Crippen LogP contribution is -1.75. The third-order valence-corrected chi connectivity index (χ3v) is 4.59. The van der Waals surface area contributed by atoms with Gasteiger partial charge in [0.2, 0.25) is 0 Å². The number of aromatic hydroxyl groups is 3. The van der Waals surface area contributed by atoms with Crippen LogP contribution < -0.4 is 0 Å². The molecule has 0 amide bonds. The minimum Gasteiger partial charge on any atom is -0.508 e. The second-order valence-corrected chi connectivity index (χ2v) is 7.37. The van der Waals surface area contributed by atoms with Gasteiger partial charge >= 0.3 is 0 Å². The Labute approximate surface area is 188 Å². The molecule has 4 rings (SSSR count). The number of aryl methyl sites for hydroxylation is 1. The maximum absolute atomic E-state index is 9.32. The monoisotopic (exact) mass is 422 g/mol. The number of hydrogen-bond acceptors (Lipinski definition) is 3. The molecule has 3 N–H and O–H groups in total. The van der Waals surface area contributed by atoms with E-state index in [1.807, 2.05) is 54.6 Å². The van der Waals surface area contributed by atoms with E-state index < -0.39 is 0 Å². The molecule has 32 heavy (non-hydrogen) atoms. The lowest BCUT2D eigenvalue weighted by molar-refractivity contribution is 0.474. The molecular weight excluding hydrogens is 396 g/mol. The average Bonchev–Trinajstić information content (AvgIpc) is 2.77. The minimum atomic E-state index is 0.248. The van der Waals surface area contributed by atoms with Gasteiger partial charge < -0.3 is 15.3 Å². The highest BCUT2D eigenvalue weighted by molar-refractivity contribution is 5.71. The van der Waals surface area contributed by atoms with Crippen LogP contribution in [0.1, 0.15) is 27.8 Å². The van der Waals surface area contributed by atoms with Gasteiger partial charge in [0.1, 0.15) is 17.2 Å². The Bertz CT molecular complexity index is 1030. The van der Waals surface area contributed by atoms with Crippen LogP contribution in [0.5, 0.6) is 17.2 Å². The molecule has 0 aliphatic heterocycles. The van der Waals surface area contributed by atoms with Crippen LogP contribution in [-0.2, 0) is 0 Å². The molecule has 0 spiro atoms. The van der Waals surface area contributed by atoms with Crippen molar-refractivity contribution < 1.29 is 15.3 Å². The molecule has 0 aromatic heterocycles. The van der Waals surface area contributed by atoms with Gasteiger partial charge in [-0.2, -0.15) is 0 Å². The highest BCUT2D eigenvalue weighted by Crippen LogP contribution is 2.17. The fourth-order valence-electron chi connectivity index (χ4n) is 3.04. The van der Waals surface area contributed by atoms with E-state index in [4.69, 9.17) is 0 Å². The van der Waals surface area contributed by atoms with Gasteiger partial charge in [-0.25, -0.2) is 0 Å². The smallest absolute Gasteiger partial charge is 0.116 e. The third-order valence-electron chi connectivity index (χ3n) is 4.59. The first kappa shape index (κ1) is 22.4. The highest BCUT2D eigenvalue weighted by Gasteiger charge is 1.92. The van der Waals surface area contributed by atoms with Crippen LogP contribution >= 0.6 is 0 Å². The quantitative estimate of drug-likeness (QED) is 0.306. The Morgan fingerprint density at radius 3 is 1.06 bits per heavy atom. The normalized spacial score (nSPS) is 10.8. The van der Waals surface area contributed by atoms with Crippen LogP contribution in [0.25, 0.3) is 24.3 Å². The molecule has 3 heteroatoms. The molecule has 3 nitrogen and oxygen atoms in total. The highest BCUT2D eigenvalue weighted by atomic mass is 16.3. The van der Waals surface area contributed by atoms with Crippen LogP contribution in [0.3, 0.4) is 0 Å². The van der Waals surface area contributed by atoms with Gasteiger partial charge in [-0.15, -0.1) is 0 Å². The van der Waals surface area contributed by atoms with E-state index in [9.17, 15) is 15.3 Å². The molecule has 0 aliphatic carbocycles. The summed E-state index contributed by atoms with van der Waals surface area (Å²) in [6.45, 7) is 2.08. The van der Waals surface area contributed by atoms with E-state index >= 15 is 0 Å². The second kappa shape index (κ2) is 11.2. The largest absolute Gasteiger partial charge is 0.508 e. The standard InChI is InChI=1S/C15H14O.C14H12O2/c1-12-4-2-5-13(10-12)8-9-14-6-3-7-15(16)11-14;15-13-5-1-3-11(9-13)7-8-12-4-2-6-14(16)10-12/h2-11,16H,1H3;1-10,15-16H/b9-8+;8-7-. The molecule has 0 heterocycles. The van der Waals surface area contributed by atoms with Crippen molar-refractivity contribution >= 4 is 24.3 Å². The molecule has 0 saturated heterocycles. The first-order valence-corrected chi connectivity index (χ1v) is 10.3. The molecule has 0 atom stereocenters. The molecule has 0 aliphatic rings. The maximum Gasteiger partial charge on any atom is 0.116 e. The van der Waals surface area contributed by atoms with Gasteiger partial charge in [0.25, 0.3) is 0 Å². The first-order valence-electron chi connectivity index (χ1n) is 10.3. The Hall–Kier alpha value is -4.24. The zero-order valence-corrected chi connectivity index (χ0v) is 17.9. The number of hydrogen-bond donors (Lipinski definition) is 3. The van der Waals surface area contributed by atoms with Gasteiger partial charge in [0, 0.05) is 0 Å². The van der Waals surface area contributed by atoms with E-state index in [0.717, 1.165) is 16.7 Å². The van der Waals surface area contributed by atoms with E-state index in [0.29, 0.717) is 5.75 Å². The topological polar surface area (TPSA) is 60.7 Å². The van der Waals surface area contributed by atoms with Crippen LogP contribution in [-0.4, -0.2) is 15.3 Å². The molecule has 0 fully saturated rings. The van der Waals surface area contributed by atoms with Crippen LogP contribution in [0.2, 0.25) is 0 Å². The van der Waals surface area contributed by atoms with Crippen molar-refractivity contribution in [3.8, 4) is 17.2 Å². The predicted octanol–water partition coefficient (Wildman–Crippen LogP) is 7.14. The summed E-state index contributed by atoms with van der Waals surface area (Å²) in [5.41, 5.74) is 5.26. The molecular formula is C29H26O3. The van der Waals surface area contributed by atoms with Crippen molar-refractivity contribution in [2.24, 2.45) is 0 Å². The van der Waals surface area contributed by atoms with Crippen molar-refractivity contribution in [1.29, 1.82) is 0 Å². The van der Waals surface area contributed by atoms with E-state index in [1.54, 1.807) is 48.5 Å². The van der Waals surface area contributed by atoms with Gasteiger partial charge in [-0.3, -0.25) is 0 Å². The lowest BCUT2D eigenvalue weighted by atomic mass is 10.1. The van der Waals surface area contributed by atoms with E-state index in [-0.39, 0.29) is 11.5 Å². The number of rotatable bonds is 4. The molecule has 0 saturated carbocycles. The fourth-order valence-corrected chi connectivity index (χ4v) is 3.04. The third kappa shape index (κ3) is 7.54. The average molecular weight is 423 g/mol. The summed E-state index contributed by atoms with van der Waals surface area (Å²) in [6, 6.07) is 29.5. The van der Waals surface area contributed by atoms with Crippen LogP contribution in [0.15, 0.2) is 97.1 Å². The minimum absolute atomic E-state index is 0.248. The number of benzene rings is 4. The summed E-state index contributed by atoms with van der Waals surface area (Å²) in [7, 11) is 0. The van der Waals surface area contributed by atoms with Crippen molar-refractivity contribution in [2.45, 2.75) is 6.92 Å². The molecule has 0 bridgehead atoms. The molecule has 0 radical (unpaired) electrons. The van der Waals surface area contributed by atoms with Crippen LogP contribution in [0, 0.1) is 6.92 Å². The van der Waals surface area contributed by atoms with Crippen molar-refractivity contribution in [3.63, 3.8) is 0 Å². The van der Waals surface area contributed by atoms with E-state index in [1.165, 1.54) is 11.1 Å². The number of phenols is 3. The van der Waals surface area contributed by atoms with Gasteiger partial charge in [0.15, 0.2) is 0 Å². The summed E-state index contributed by atoms with van der Waals surface area (Å²) < 4.78 is 0. The lowest BCUT2D eigenvalue weighted by Gasteiger charge is -1.97. The van der Waals surface area contributed by atoms with Crippen molar-refractivity contribution in [2.75, 3.05) is 0 Å². The molecule has 0 unspecified atom stereocenters. The van der Waals surface area contributed by atoms with Gasteiger partial charge in [-0.1, -0.05) is 90.5 Å². The Morgan fingerprint density at radius 1 is 0.438 bits per heavy atom. The molecule has 160 valence electrons. The summed E-state index contributed by atoms with van der Waals surface area (Å²) in [4.78, 5) is 0. The summed E-state index contributed by atoms with van der Waals surface area (Å²) in [6.07, 6.45) is 7.80. The maximum atomic E-state index is 9.32. The fraction of sp³-hybridized carbons (Fsp3) is 0.0345. The summed E-state index contributed by atoms with van der Waals surface area (Å²) >= 11 is 0. The molecule has 4 aromatic rings. The zero-order valence-electron chi connectivity index (χ0n) is 17.9. The predicted molar refractivity (Wildman–Crippen MR) is 133 cm³/mol. The summed E-state index contributed by atoms with van der Waals surface area (Å²) in [5.74, 6) is 0.794.